The Hall–Kier alpha value is -2.83. The quantitative estimate of drug-likeness (QED) is 0.533. The highest BCUT2D eigenvalue weighted by Gasteiger charge is 2.22. The van der Waals surface area contributed by atoms with Gasteiger partial charge in [0, 0.05) is 20.7 Å². The van der Waals surface area contributed by atoms with Gasteiger partial charge in [-0.15, -0.1) is 0 Å². The Kier molecular flexibility index (Phi) is 4.59. The number of carbonyl (C=O) groups excluding carboxylic acids is 2. The zero-order valence-electron chi connectivity index (χ0n) is 13.8. The number of rotatable bonds is 2. The molecule has 7 heteroatoms. The average molecular weight is 444 g/mol. The van der Waals surface area contributed by atoms with E-state index < -0.39 is 0 Å². The van der Waals surface area contributed by atoms with E-state index in [1.165, 1.54) is 0 Å². The highest BCUT2D eigenvalue weighted by molar-refractivity contribution is 9.10. The average Bonchev–Trinajstić information content (AvgIpc) is 2.77. The van der Waals surface area contributed by atoms with Crippen LogP contribution in [0.2, 0.25) is 5.02 Å². The van der Waals surface area contributed by atoms with Crippen LogP contribution in [0.4, 0.5) is 11.4 Å². The molecule has 0 aliphatic carbocycles. The molecule has 1 aliphatic rings. The van der Waals surface area contributed by atoms with Crippen molar-refractivity contribution in [3.05, 3.63) is 81.3 Å². The Morgan fingerprint density at radius 2 is 1.85 bits per heavy atom. The summed E-state index contributed by atoms with van der Waals surface area (Å²) >= 11 is 9.33. The predicted octanol–water partition coefficient (Wildman–Crippen LogP) is 5.71. The smallest absolute Gasteiger partial charge is 0.259 e. The lowest BCUT2D eigenvalue weighted by Crippen LogP contribution is -2.14. The van der Waals surface area contributed by atoms with Gasteiger partial charge in [-0.05, 0) is 54.6 Å². The predicted molar refractivity (Wildman–Crippen MR) is 108 cm³/mol. The van der Waals surface area contributed by atoms with Crippen molar-refractivity contribution in [2.75, 3.05) is 10.6 Å². The third-order valence-corrected chi connectivity index (χ3v) is 4.71. The fourth-order valence-corrected chi connectivity index (χ4v) is 3.28. The van der Waals surface area contributed by atoms with E-state index in [0.29, 0.717) is 39.0 Å². The molecule has 134 valence electrons. The maximum Gasteiger partial charge on any atom is 0.259 e. The van der Waals surface area contributed by atoms with Gasteiger partial charge in [-0.25, -0.2) is 0 Å². The van der Waals surface area contributed by atoms with E-state index in [1.54, 1.807) is 54.6 Å². The normalized spacial score (nSPS) is 12.1. The van der Waals surface area contributed by atoms with E-state index in [2.05, 4.69) is 26.6 Å². The van der Waals surface area contributed by atoms with Crippen molar-refractivity contribution >= 4 is 50.7 Å². The van der Waals surface area contributed by atoms with Crippen LogP contribution >= 0.6 is 27.5 Å². The number of ether oxygens (including phenoxy) is 1. The van der Waals surface area contributed by atoms with Crippen LogP contribution in [0.15, 0.2) is 65.1 Å². The second-order valence-corrected chi connectivity index (χ2v) is 7.22. The van der Waals surface area contributed by atoms with Gasteiger partial charge in [0.1, 0.15) is 5.75 Å². The van der Waals surface area contributed by atoms with Gasteiger partial charge in [0.05, 0.1) is 11.3 Å². The molecule has 5 nitrogen and oxygen atoms in total. The standard InChI is InChI=1S/C20H12BrClN2O3/c21-12-3-1-2-11(8-12)19(25)23-14-5-7-17-15(10-14)20(26)24-16-9-13(22)4-6-18(16)27-17/h1-10H,(H,23,25)(H,24,26). The highest BCUT2D eigenvalue weighted by Crippen LogP contribution is 2.38. The largest absolute Gasteiger partial charge is 0.454 e. The van der Waals surface area contributed by atoms with Crippen LogP contribution in [0.3, 0.4) is 0 Å². The van der Waals surface area contributed by atoms with Crippen LogP contribution in [0.25, 0.3) is 0 Å². The van der Waals surface area contributed by atoms with Crippen molar-refractivity contribution in [1.29, 1.82) is 0 Å². The summed E-state index contributed by atoms with van der Waals surface area (Å²) in [6.07, 6.45) is 0. The number of fused-ring (bicyclic) bond motifs is 2. The zero-order valence-corrected chi connectivity index (χ0v) is 16.1. The molecule has 0 spiro atoms. The fraction of sp³-hybridized carbons (Fsp3) is 0. The summed E-state index contributed by atoms with van der Waals surface area (Å²) in [5.41, 5.74) is 1.79. The van der Waals surface area contributed by atoms with Crippen LogP contribution in [-0.4, -0.2) is 11.8 Å². The van der Waals surface area contributed by atoms with Crippen LogP contribution in [0.1, 0.15) is 20.7 Å². The van der Waals surface area contributed by atoms with Gasteiger partial charge in [-0.1, -0.05) is 33.6 Å². The topological polar surface area (TPSA) is 67.4 Å². The maximum absolute atomic E-state index is 12.6. The minimum absolute atomic E-state index is 0.277. The Balaban J connectivity index is 1.63. The molecule has 0 atom stereocenters. The second kappa shape index (κ2) is 7.06. The minimum atomic E-state index is -0.343. The molecule has 27 heavy (non-hydrogen) atoms. The monoisotopic (exact) mass is 442 g/mol. The zero-order chi connectivity index (χ0) is 19.0. The summed E-state index contributed by atoms with van der Waals surface area (Å²) in [7, 11) is 0. The van der Waals surface area contributed by atoms with Gasteiger partial charge in [-0.2, -0.15) is 0 Å². The van der Waals surface area contributed by atoms with E-state index >= 15 is 0 Å². The first-order valence-electron chi connectivity index (χ1n) is 7.99. The molecule has 2 N–H and O–H groups in total. The Morgan fingerprint density at radius 1 is 1.04 bits per heavy atom. The van der Waals surface area contributed by atoms with Gasteiger partial charge in [0.2, 0.25) is 0 Å². The first-order valence-corrected chi connectivity index (χ1v) is 9.16. The number of anilines is 2. The molecule has 3 aromatic carbocycles. The van der Waals surface area contributed by atoms with E-state index in [9.17, 15) is 9.59 Å². The summed E-state index contributed by atoms with van der Waals surface area (Å²) in [6, 6.07) is 16.9. The first kappa shape index (κ1) is 17.6. The third kappa shape index (κ3) is 3.67. The van der Waals surface area contributed by atoms with Crippen molar-refractivity contribution in [1.82, 2.24) is 0 Å². The summed E-state index contributed by atoms with van der Waals surface area (Å²) in [4.78, 5) is 25.0. The Labute approximate surface area is 168 Å². The lowest BCUT2D eigenvalue weighted by Gasteiger charge is -2.10. The molecule has 1 heterocycles. The molecule has 0 saturated heterocycles. The lowest BCUT2D eigenvalue weighted by atomic mass is 10.1. The van der Waals surface area contributed by atoms with Crippen molar-refractivity contribution in [3.63, 3.8) is 0 Å². The number of benzene rings is 3. The number of carbonyl (C=O) groups is 2. The molecule has 0 bridgehead atoms. The SMILES string of the molecule is O=C(Nc1ccc2c(c1)C(=O)Nc1cc(Cl)ccc1O2)c1cccc(Br)c1. The number of hydrogen-bond acceptors (Lipinski definition) is 3. The van der Waals surface area contributed by atoms with Gasteiger partial charge in [0.25, 0.3) is 11.8 Å². The van der Waals surface area contributed by atoms with Crippen LogP contribution in [0.5, 0.6) is 11.5 Å². The van der Waals surface area contributed by atoms with Crippen LogP contribution in [-0.2, 0) is 0 Å². The number of halogens is 2. The molecule has 0 radical (unpaired) electrons. The molecular weight excluding hydrogens is 432 g/mol. The number of hydrogen-bond donors (Lipinski definition) is 2. The molecule has 0 aromatic heterocycles. The van der Waals surface area contributed by atoms with Gasteiger partial charge < -0.3 is 15.4 Å². The molecular formula is C20H12BrClN2O3. The van der Waals surface area contributed by atoms with Crippen LogP contribution < -0.4 is 15.4 Å². The van der Waals surface area contributed by atoms with Crippen molar-refractivity contribution in [3.8, 4) is 11.5 Å². The number of amides is 2. The molecule has 0 saturated carbocycles. The molecule has 2 amide bonds. The first-order chi connectivity index (χ1) is 13.0. The second-order valence-electron chi connectivity index (χ2n) is 5.87. The van der Waals surface area contributed by atoms with Crippen molar-refractivity contribution in [2.24, 2.45) is 0 Å². The molecule has 0 unspecified atom stereocenters. The van der Waals surface area contributed by atoms with Crippen LogP contribution in [0, 0.1) is 0 Å². The van der Waals surface area contributed by atoms with Crippen molar-refractivity contribution in [2.45, 2.75) is 0 Å². The van der Waals surface area contributed by atoms with E-state index in [0.717, 1.165) is 4.47 Å². The molecule has 1 aliphatic heterocycles. The molecule has 0 fully saturated rings. The third-order valence-electron chi connectivity index (χ3n) is 3.98. The van der Waals surface area contributed by atoms with E-state index in [-0.39, 0.29) is 11.8 Å². The summed E-state index contributed by atoms with van der Waals surface area (Å²) in [5, 5.41) is 6.05. The Bertz CT molecular complexity index is 1080. The van der Waals surface area contributed by atoms with Gasteiger partial charge in [-0.3, -0.25) is 9.59 Å². The lowest BCUT2D eigenvalue weighted by molar-refractivity contribution is 0.101. The van der Waals surface area contributed by atoms with E-state index in [4.69, 9.17) is 16.3 Å². The molecule has 4 rings (SSSR count). The summed E-state index contributed by atoms with van der Waals surface area (Å²) in [5.74, 6) is 0.275. The summed E-state index contributed by atoms with van der Waals surface area (Å²) < 4.78 is 6.63. The fourth-order valence-electron chi connectivity index (χ4n) is 2.70. The van der Waals surface area contributed by atoms with Crippen molar-refractivity contribution < 1.29 is 14.3 Å². The molecule has 3 aromatic rings. The Morgan fingerprint density at radius 3 is 2.67 bits per heavy atom. The minimum Gasteiger partial charge on any atom is -0.454 e. The van der Waals surface area contributed by atoms with Gasteiger partial charge >= 0.3 is 0 Å². The summed E-state index contributed by atoms with van der Waals surface area (Å²) in [6.45, 7) is 0. The maximum atomic E-state index is 12.6. The highest BCUT2D eigenvalue weighted by atomic mass is 79.9. The van der Waals surface area contributed by atoms with Gasteiger partial charge in [0.15, 0.2) is 5.75 Å². The van der Waals surface area contributed by atoms with E-state index in [1.807, 2.05) is 6.07 Å². The number of nitrogens with one attached hydrogen (secondary N) is 2.